The molecule has 1 amide bonds. The van der Waals surface area contributed by atoms with Gasteiger partial charge in [0, 0.05) is 30.9 Å². The largest absolute Gasteiger partial charge is 0.358 e. The molecule has 0 saturated carbocycles. The summed E-state index contributed by atoms with van der Waals surface area (Å²) >= 11 is 5.29. The lowest BCUT2D eigenvalue weighted by atomic mass is 10.1. The van der Waals surface area contributed by atoms with Gasteiger partial charge in [-0.3, -0.25) is 4.79 Å². The molecule has 1 fully saturated rings. The molecule has 0 bridgehead atoms. The van der Waals surface area contributed by atoms with Crippen LogP contribution in [-0.2, 0) is 11.3 Å². The third kappa shape index (κ3) is 4.33. The number of thiocarbonyl (C=S) groups is 1. The molecule has 2 aromatic carbocycles. The van der Waals surface area contributed by atoms with Gasteiger partial charge in [-0.05, 0) is 67.0 Å². The maximum Gasteiger partial charge on any atom is 0.227 e. The van der Waals surface area contributed by atoms with E-state index in [1.54, 1.807) is 6.07 Å². The fourth-order valence-corrected chi connectivity index (χ4v) is 3.13. The molecule has 6 heteroatoms. The number of carbonyl (C=O) groups excluding carboxylic acids is 1. The Balaban J connectivity index is 1.60. The average Bonchev–Trinajstić information content (AvgIpc) is 2.99. The van der Waals surface area contributed by atoms with Crippen LogP contribution >= 0.6 is 12.2 Å². The molecule has 0 spiro atoms. The van der Waals surface area contributed by atoms with E-state index in [0.717, 1.165) is 35.5 Å². The monoisotopic (exact) mass is 357 g/mol. The SMILES string of the molecule is Cc1cc(NC(=S)NCc2cccc(F)c2)ccc1N1CCCC1=O. The van der Waals surface area contributed by atoms with Crippen molar-refractivity contribution in [3.63, 3.8) is 0 Å². The van der Waals surface area contributed by atoms with Crippen LogP contribution in [0.4, 0.5) is 15.8 Å². The fourth-order valence-electron chi connectivity index (χ4n) is 2.94. The van der Waals surface area contributed by atoms with Crippen LogP contribution in [-0.4, -0.2) is 17.6 Å². The van der Waals surface area contributed by atoms with Gasteiger partial charge in [0.1, 0.15) is 5.82 Å². The molecule has 2 aromatic rings. The Morgan fingerprint density at radius 2 is 2.12 bits per heavy atom. The first-order valence-electron chi connectivity index (χ1n) is 8.23. The number of hydrogen-bond acceptors (Lipinski definition) is 2. The zero-order chi connectivity index (χ0) is 17.8. The molecule has 130 valence electrons. The van der Waals surface area contributed by atoms with E-state index in [9.17, 15) is 9.18 Å². The van der Waals surface area contributed by atoms with Gasteiger partial charge in [-0.2, -0.15) is 0 Å². The molecule has 1 aliphatic heterocycles. The highest BCUT2D eigenvalue weighted by Gasteiger charge is 2.22. The van der Waals surface area contributed by atoms with Gasteiger partial charge in [-0.25, -0.2) is 4.39 Å². The minimum atomic E-state index is -0.263. The molecular weight excluding hydrogens is 337 g/mol. The summed E-state index contributed by atoms with van der Waals surface area (Å²) in [7, 11) is 0. The van der Waals surface area contributed by atoms with Crippen LogP contribution in [0.5, 0.6) is 0 Å². The summed E-state index contributed by atoms with van der Waals surface area (Å²) in [5, 5.41) is 6.65. The van der Waals surface area contributed by atoms with Crippen LogP contribution in [0.3, 0.4) is 0 Å². The summed E-state index contributed by atoms with van der Waals surface area (Å²) in [4.78, 5) is 13.7. The molecule has 4 nitrogen and oxygen atoms in total. The van der Waals surface area contributed by atoms with E-state index in [2.05, 4.69) is 10.6 Å². The van der Waals surface area contributed by atoms with Crippen molar-refractivity contribution in [2.45, 2.75) is 26.3 Å². The molecule has 2 N–H and O–H groups in total. The maximum absolute atomic E-state index is 13.2. The highest BCUT2D eigenvalue weighted by molar-refractivity contribution is 7.80. The van der Waals surface area contributed by atoms with Crippen LogP contribution in [0, 0.1) is 12.7 Å². The van der Waals surface area contributed by atoms with Crippen molar-refractivity contribution in [1.82, 2.24) is 5.32 Å². The second-order valence-electron chi connectivity index (χ2n) is 6.09. The number of rotatable bonds is 4. The Morgan fingerprint density at radius 3 is 2.80 bits per heavy atom. The van der Waals surface area contributed by atoms with E-state index < -0.39 is 0 Å². The molecule has 0 aromatic heterocycles. The van der Waals surface area contributed by atoms with E-state index in [-0.39, 0.29) is 11.7 Å². The lowest BCUT2D eigenvalue weighted by molar-refractivity contribution is -0.117. The van der Waals surface area contributed by atoms with Crippen molar-refractivity contribution in [3.8, 4) is 0 Å². The van der Waals surface area contributed by atoms with Gasteiger partial charge in [0.25, 0.3) is 0 Å². The Kier molecular flexibility index (Phi) is 5.28. The lowest BCUT2D eigenvalue weighted by Crippen LogP contribution is -2.28. The number of carbonyl (C=O) groups is 1. The van der Waals surface area contributed by atoms with Crippen molar-refractivity contribution in [2.24, 2.45) is 0 Å². The summed E-state index contributed by atoms with van der Waals surface area (Å²) in [6.45, 7) is 3.21. The number of amides is 1. The smallest absolute Gasteiger partial charge is 0.227 e. The van der Waals surface area contributed by atoms with E-state index in [0.29, 0.717) is 18.1 Å². The molecule has 0 atom stereocenters. The summed E-state index contributed by atoms with van der Waals surface area (Å²) in [6.07, 6.45) is 1.53. The van der Waals surface area contributed by atoms with Crippen molar-refractivity contribution in [1.29, 1.82) is 0 Å². The molecule has 1 aliphatic rings. The normalized spacial score (nSPS) is 13.8. The predicted octanol–water partition coefficient (Wildman–Crippen LogP) is 3.75. The molecular formula is C19H20FN3OS. The third-order valence-corrected chi connectivity index (χ3v) is 4.41. The molecule has 0 unspecified atom stereocenters. The van der Waals surface area contributed by atoms with E-state index in [1.807, 2.05) is 36.1 Å². The zero-order valence-electron chi connectivity index (χ0n) is 14.0. The maximum atomic E-state index is 13.2. The second-order valence-corrected chi connectivity index (χ2v) is 6.50. The Bertz CT molecular complexity index is 809. The highest BCUT2D eigenvalue weighted by Crippen LogP contribution is 2.27. The van der Waals surface area contributed by atoms with Crippen molar-refractivity contribution >= 4 is 34.6 Å². The topological polar surface area (TPSA) is 44.4 Å². The molecule has 1 heterocycles. The molecule has 3 rings (SSSR count). The van der Waals surface area contributed by atoms with E-state index >= 15 is 0 Å². The summed E-state index contributed by atoms with van der Waals surface area (Å²) in [6, 6.07) is 12.2. The first-order chi connectivity index (χ1) is 12.0. The standard InChI is InChI=1S/C19H20FN3OS/c1-13-10-16(7-8-17(13)23-9-3-6-18(23)24)22-19(25)21-12-14-4-2-5-15(20)11-14/h2,4-5,7-8,10-11H,3,6,9,12H2,1H3,(H2,21,22,25). The molecule has 0 radical (unpaired) electrons. The third-order valence-electron chi connectivity index (χ3n) is 4.16. The highest BCUT2D eigenvalue weighted by atomic mass is 32.1. The molecule has 1 saturated heterocycles. The number of anilines is 2. The summed E-state index contributed by atoms with van der Waals surface area (Å²) in [5.41, 5.74) is 3.65. The first-order valence-corrected chi connectivity index (χ1v) is 8.64. The second kappa shape index (κ2) is 7.61. The number of benzene rings is 2. The number of halogens is 1. The van der Waals surface area contributed by atoms with Gasteiger partial charge in [0.2, 0.25) is 5.91 Å². The van der Waals surface area contributed by atoms with E-state index in [1.165, 1.54) is 12.1 Å². The summed E-state index contributed by atoms with van der Waals surface area (Å²) < 4.78 is 13.2. The van der Waals surface area contributed by atoms with Gasteiger partial charge in [0.05, 0.1) is 0 Å². The van der Waals surface area contributed by atoms with E-state index in [4.69, 9.17) is 12.2 Å². The van der Waals surface area contributed by atoms with Gasteiger partial charge in [-0.15, -0.1) is 0 Å². The predicted molar refractivity (Wildman–Crippen MR) is 102 cm³/mol. The van der Waals surface area contributed by atoms with Crippen LogP contribution in [0.1, 0.15) is 24.0 Å². The zero-order valence-corrected chi connectivity index (χ0v) is 14.8. The van der Waals surface area contributed by atoms with Gasteiger partial charge < -0.3 is 15.5 Å². The Morgan fingerprint density at radius 1 is 1.28 bits per heavy atom. The first kappa shape index (κ1) is 17.4. The number of hydrogen-bond donors (Lipinski definition) is 2. The quantitative estimate of drug-likeness (QED) is 0.818. The molecule has 25 heavy (non-hydrogen) atoms. The number of nitrogens with one attached hydrogen (secondary N) is 2. The van der Waals surface area contributed by atoms with Gasteiger partial charge >= 0.3 is 0 Å². The Hall–Kier alpha value is -2.47. The number of aryl methyl sites for hydroxylation is 1. The minimum absolute atomic E-state index is 0.177. The van der Waals surface area contributed by atoms with Gasteiger partial charge in [-0.1, -0.05) is 12.1 Å². The van der Waals surface area contributed by atoms with Crippen LogP contribution in [0.25, 0.3) is 0 Å². The van der Waals surface area contributed by atoms with Crippen LogP contribution < -0.4 is 15.5 Å². The molecule has 0 aliphatic carbocycles. The average molecular weight is 357 g/mol. The van der Waals surface area contributed by atoms with Crippen molar-refractivity contribution < 1.29 is 9.18 Å². The van der Waals surface area contributed by atoms with Gasteiger partial charge in [0.15, 0.2) is 5.11 Å². The minimum Gasteiger partial charge on any atom is -0.358 e. The summed E-state index contributed by atoms with van der Waals surface area (Å²) in [5.74, 6) is -0.0862. The van der Waals surface area contributed by atoms with Crippen LogP contribution in [0.15, 0.2) is 42.5 Å². The van der Waals surface area contributed by atoms with Crippen LogP contribution in [0.2, 0.25) is 0 Å². The lowest BCUT2D eigenvalue weighted by Gasteiger charge is -2.19. The number of nitrogens with zero attached hydrogens (tertiary/aromatic N) is 1. The van der Waals surface area contributed by atoms with Crippen molar-refractivity contribution in [3.05, 3.63) is 59.4 Å². The Labute approximate surface area is 152 Å². The van der Waals surface area contributed by atoms with Crippen molar-refractivity contribution in [2.75, 3.05) is 16.8 Å². The fraction of sp³-hybridized carbons (Fsp3) is 0.263.